The number of sulfonamides is 1. The second-order valence-corrected chi connectivity index (χ2v) is 5.60. The molecule has 2 aromatic heterocycles. The van der Waals surface area contributed by atoms with Crippen LogP contribution in [0, 0.1) is 0 Å². The van der Waals surface area contributed by atoms with Gasteiger partial charge in [-0.25, -0.2) is 27.9 Å². The van der Waals surface area contributed by atoms with E-state index in [1.807, 2.05) is 0 Å². The maximum atomic E-state index is 11.9. The Morgan fingerprint density at radius 1 is 1.40 bits per heavy atom. The highest BCUT2D eigenvalue weighted by atomic mass is 32.2. The van der Waals surface area contributed by atoms with Crippen molar-refractivity contribution in [3.63, 3.8) is 0 Å². The van der Waals surface area contributed by atoms with E-state index in [1.165, 1.54) is 6.07 Å². The summed E-state index contributed by atoms with van der Waals surface area (Å²) < 4.78 is 27.9. The number of pyridine rings is 1. The second-order valence-electron chi connectivity index (χ2n) is 3.89. The number of nitrogens with one attached hydrogen (secondary N) is 1. The first kappa shape index (κ1) is 14.2. The molecule has 0 fully saturated rings. The summed E-state index contributed by atoms with van der Waals surface area (Å²) in [6, 6.07) is 2.35. The first-order chi connectivity index (χ1) is 9.49. The van der Waals surface area contributed by atoms with E-state index < -0.39 is 16.0 Å². The normalized spacial score (nSPS) is 11.4. The predicted molar refractivity (Wildman–Crippen MR) is 68.6 cm³/mol. The molecular weight excluding hydrogens is 284 g/mol. The maximum Gasteiger partial charge on any atom is 0.337 e. The van der Waals surface area contributed by atoms with Crippen molar-refractivity contribution in [1.29, 1.82) is 0 Å². The molecule has 0 saturated carbocycles. The van der Waals surface area contributed by atoms with E-state index >= 15 is 0 Å². The zero-order chi connectivity index (χ0) is 14.6. The molecule has 106 valence electrons. The number of carboxylic acids is 1. The number of carbonyl (C=O) groups is 1. The average Bonchev–Trinajstić information content (AvgIpc) is 2.92. The summed E-state index contributed by atoms with van der Waals surface area (Å²) in [7, 11) is -3.74. The van der Waals surface area contributed by atoms with Crippen molar-refractivity contribution >= 4 is 16.0 Å². The van der Waals surface area contributed by atoms with Crippen molar-refractivity contribution in [3.05, 3.63) is 42.6 Å². The number of hydrogen-bond acceptors (Lipinski definition) is 5. The fourth-order valence-electron chi connectivity index (χ4n) is 1.47. The van der Waals surface area contributed by atoms with Gasteiger partial charge in [-0.2, -0.15) is 0 Å². The van der Waals surface area contributed by atoms with Crippen molar-refractivity contribution in [3.8, 4) is 0 Å². The third-order valence-corrected chi connectivity index (χ3v) is 3.86. The zero-order valence-electron chi connectivity index (χ0n) is 10.3. The molecule has 20 heavy (non-hydrogen) atoms. The van der Waals surface area contributed by atoms with Crippen LogP contribution < -0.4 is 4.72 Å². The van der Waals surface area contributed by atoms with Crippen molar-refractivity contribution in [2.24, 2.45) is 0 Å². The molecule has 0 spiro atoms. The molecule has 0 aromatic carbocycles. The molecule has 2 rings (SSSR count). The van der Waals surface area contributed by atoms with Gasteiger partial charge in [0.2, 0.25) is 0 Å². The molecule has 0 bridgehead atoms. The van der Waals surface area contributed by atoms with E-state index in [-0.39, 0.29) is 17.1 Å². The van der Waals surface area contributed by atoms with Crippen molar-refractivity contribution in [2.75, 3.05) is 6.54 Å². The van der Waals surface area contributed by atoms with E-state index in [9.17, 15) is 13.2 Å². The average molecular weight is 296 g/mol. The van der Waals surface area contributed by atoms with Crippen molar-refractivity contribution < 1.29 is 18.3 Å². The smallest absolute Gasteiger partial charge is 0.337 e. The van der Waals surface area contributed by atoms with Crippen LogP contribution in [0.2, 0.25) is 0 Å². The van der Waals surface area contributed by atoms with E-state index in [4.69, 9.17) is 5.11 Å². The number of carboxylic acid groups (broad SMARTS) is 1. The molecule has 2 aromatic rings. The maximum absolute atomic E-state index is 11.9. The lowest BCUT2D eigenvalue weighted by Crippen LogP contribution is -2.28. The third-order valence-electron chi connectivity index (χ3n) is 2.48. The molecule has 0 radical (unpaired) electrons. The third kappa shape index (κ3) is 3.39. The van der Waals surface area contributed by atoms with Crippen LogP contribution in [0.3, 0.4) is 0 Å². The second kappa shape index (κ2) is 5.80. The predicted octanol–water partition coefficient (Wildman–Crippen LogP) is -0.0452. The van der Waals surface area contributed by atoms with Crippen LogP contribution in [0.1, 0.15) is 10.4 Å². The van der Waals surface area contributed by atoms with Gasteiger partial charge in [0, 0.05) is 31.7 Å². The highest BCUT2D eigenvalue weighted by Crippen LogP contribution is 2.06. The lowest BCUT2D eigenvalue weighted by Gasteiger charge is -2.06. The van der Waals surface area contributed by atoms with E-state index in [1.54, 1.807) is 23.3 Å². The summed E-state index contributed by atoms with van der Waals surface area (Å²) in [5.74, 6) is -1.16. The van der Waals surface area contributed by atoms with E-state index in [0.717, 1.165) is 12.3 Å². The number of hydrogen-bond donors (Lipinski definition) is 2. The number of nitrogens with zero attached hydrogens (tertiary/aromatic N) is 3. The van der Waals surface area contributed by atoms with Gasteiger partial charge in [0.1, 0.15) is 0 Å². The van der Waals surface area contributed by atoms with Crippen LogP contribution in [-0.2, 0) is 16.6 Å². The molecule has 8 nitrogen and oxygen atoms in total. The van der Waals surface area contributed by atoms with Crippen LogP contribution in [0.25, 0.3) is 0 Å². The Kier molecular flexibility index (Phi) is 4.11. The largest absolute Gasteiger partial charge is 0.478 e. The molecule has 0 amide bonds. The summed E-state index contributed by atoms with van der Waals surface area (Å²) in [5.41, 5.74) is -0.0673. The van der Waals surface area contributed by atoms with Gasteiger partial charge in [-0.3, -0.25) is 0 Å². The Bertz CT molecular complexity index is 680. The summed E-state index contributed by atoms with van der Waals surface area (Å²) in [6.45, 7) is 0.619. The number of rotatable bonds is 6. The number of imidazole rings is 1. The molecule has 0 aliphatic carbocycles. The summed E-state index contributed by atoms with van der Waals surface area (Å²) in [6.07, 6.45) is 5.90. The summed E-state index contributed by atoms with van der Waals surface area (Å²) >= 11 is 0. The molecule has 2 heterocycles. The lowest BCUT2D eigenvalue weighted by atomic mass is 10.3. The monoisotopic (exact) mass is 296 g/mol. The van der Waals surface area contributed by atoms with Gasteiger partial charge in [0.05, 0.1) is 11.9 Å². The fourth-order valence-corrected chi connectivity index (χ4v) is 2.41. The minimum Gasteiger partial charge on any atom is -0.478 e. The van der Waals surface area contributed by atoms with Gasteiger partial charge in [-0.05, 0) is 12.1 Å². The quantitative estimate of drug-likeness (QED) is 0.772. The van der Waals surface area contributed by atoms with Crippen LogP contribution in [0.15, 0.2) is 42.1 Å². The first-order valence-electron chi connectivity index (χ1n) is 5.64. The van der Waals surface area contributed by atoms with Gasteiger partial charge < -0.3 is 9.67 Å². The van der Waals surface area contributed by atoms with Crippen molar-refractivity contribution in [1.82, 2.24) is 19.3 Å². The van der Waals surface area contributed by atoms with Gasteiger partial charge in [-0.1, -0.05) is 0 Å². The molecule has 0 aliphatic rings. The van der Waals surface area contributed by atoms with Crippen LogP contribution in [0.5, 0.6) is 0 Å². The SMILES string of the molecule is O=C(O)c1ccc(S(=O)(=O)NCCn2ccnc2)nc1. The zero-order valence-corrected chi connectivity index (χ0v) is 11.1. The molecule has 0 atom stereocenters. The Morgan fingerprint density at radius 2 is 2.20 bits per heavy atom. The Hall–Kier alpha value is -2.26. The standard InChI is InChI=1S/C11H12N4O4S/c16-11(17)9-1-2-10(13-7-9)20(18,19)14-4-6-15-5-3-12-8-15/h1-3,5,7-8,14H,4,6H2,(H,16,17). The Balaban J connectivity index is 2.00. The molecule has 9 heteroatoms. The van der Waals surface area contributed by atoms with Crippen LogP contribution in [-0.4, -0.2) is 40.6 Å². The van der Waals surface area contributed by atoms with Gasteiger partial charge in [-0.15, -0.1) is 0 Å². The summed E-state index contributed by atoms with van der Waals surface area (Å²) in [4.78, 5) is 18.1. The van der Waals surface area contributed by atoms with Gasteiger partial charge >= 0.3 is 5.97 Å². The first-order valence-corrected chi connectivity index (χ1v) is 7.12. The molecule has 0 aliphatic heterocycles. The van der Waals surface area contributed by atoms with Crippen LogP contribution >= 0.6 is 0 Å². The van der Waals surface area contributed by atoms with Crippen LogP contribution in [0.4, 0.5) is 0 Å². The molecule has 0 unspecified atom stereocenters. The summed E-state index contributed by atoms with van der Waals surface area (Å²) in [5, 5.41) is 8.50. The molecule has 2 N–H and O–H groups in total. The highest BCUT2D eigenvalue weighted by Gasteiger charge is 2.15. The van der Waals surface area contributed by atoms with E-state index in [2.05, 4.69) is 14.7 Å². The minimum absolute atomic E-state index is 0.0673. The van der Waals surface area contributed by atoms with Gasteiger partial charge in [0.25, 0.3) is 10.0 Å². The molecular formula is C11H12N4O4S. The fraction of sp³-hybridized carbons (Fsp3) is 0.182. The topological polar surface area (TPSA) is 114 Å². The lowest BCUT2D eigenvalue weighted by molar-refractivity contribution is 0.0696. The molecule has 0 saturated heterocycles. The number of aromatic nitrogens is 3. The van der Waals surface area contributed by atoms with Gasteiger partial charge in [0.15, 0.2) is 5.03 Å². The van der Waals surface area contributed by atoms with E-state index in [0.29, 0.717) is 6.54 Å². The number of aromatic carboxylic acids is 1. The minimum atomic E-state index is -3.74. The Labute approximate surface area is 115 Å². The Morgan fingerprint density at radius 3 is 2.75 bits per heavy atom. The highest BCUT2D eigenvalue weighted by molar-refractivity contribution is 7.89. The van der Waals surface area contributed by atoms with Crippen molar-refractivity contribution in [2.45, 2.75) is 11.6 Å².